The van der Waals surface area contributed by atoms with Crippen LogP contribution in [-0.2, 0) is 17.5 Å². The van der Waals surface area contributed by atoms with Crippen molar-refractivity contribution in [2.45, 2.75) is 18.6 Å². The zero-order chi connectivity index (χ0) is 17.9. The number of alkyl halides is 3. The van der Waals surface area contributed by atoms with Crippen molar-refractivity contribution in [1.82, 2.24) is 10.6 Å². The molecule has 1 unspecified atom stereocenters. The van der Waals surface area contributed by atoms with Crippen LogP contribution in [0.1, 0.15) is 22.6 Å². The van der Waals surface area contributed by atoms with Gasteiger partial charge >= 0.3 is 6.18 Å². The zero-order valence-electron chi connectivity index (χ0n) is 13.5. The molecular weight excluding hydrogens is 329 g/mol. The maximum absolute atomic E-state index is 12.7. The molecule has 0 saturated carbocycles. The first kappa shape index (κ1) is 17.5. The lowest BCUT2D eigenvalue weighted by Crippen LogP contribution is -2.34. The highest BCUT2D eigenvalue weighted by Crippen LogP contribution is 2.33. The lowest BCUT2D eigenvalue weighted by molar-refractivity contribution is -0.137. The van der Waals surface area contributed by atoms with Crippen molar-refractivity contribution in [3.63, 3.8) is 0 Å². The summed E-state index contributed by atoms with van der Waals surface area (Å²) in [5.74, 6) is -0.503. The van der Waals surface area contributed by atoms with Gasteiger partial charge < -0.3 is 10.6 Å². The van der Waals surface area contributed by atoms with E-state index in [-0.39, 0.29) is 17.7 Å². The number of rotatable bonds is 4. The minimum absolute atomic E-state index is 0.0845. The predicted octanol–water partition coefficient (Wildman–Crippen LogP) is 3.32. The smallest absolute Gasteiger partial charge is 0.352 e. The molecule has 1 aliphatic rings. The van der Waals surface area contributed by atoms with Crippen molar-refractivity contribution < 1.29 is 18.0 Å². The molecule has 0 bridgehead atoms. The van der Waals surface area contributed by atoms with Crippen LogP contribution >= 0.6 is 0 Å². The molecule has 6 heteroatoms. The van der Waals surface area contributed by atoms with E-state index in [1.54, 1.807) is 0 Å². The van der Waals surface area contributed by atoms with E-state index in [1.807, 2.05) is 30.3 Å². The van der Waals surface area contributed by atoms with E-state index >= 15 is 0 Å². The number of amides is 1. The average Bonchev–Trinajstić information content (AvgIpc) is 3.10. The van der Waals surface area contributed by atoms with Gasteiger partial charge in [-0.15, -0.1) is 0 Å². The highest BCUT2D eigenvalue weighted by molar-refractivity contribution is 5.80. The molecule has 0 aromatic heterocycles. The Morgan fingerprint density at radius 1 is 1.04 bits per heavy atom. The minimum atomic E-state index is -4.35. The van der Waals surface area contributed by atoms with Crippen LogP contribution in [0.2, 0.25) is 0 Å². The van der Waals surface area contributed by atoms with Crippen LogP contribution in [0.3, 0.4) is 0 Å². The Morgan fingerprint density at radius 2 is 1.72 bits per heavy atom. The van der Waals surface area contributed by atoms with Gasteiger partial charge in [-0.2, -0.15) is 13.2 Å². The van der Waals surface area contributed by atoms with Gasteiger partial charge in [-0.25, -0.2) is 0 Å². The Kier molecular flexibility index (Phi) is 5.08. The van der Waals surface area contributed by atoms with Crippen molar-refractivity contribution in [2.24, 2.45) is 5.92 Å². The van der Waals surface area contributed by atoms with E-state index in [2.05, 4.69) is 10.6 Å². The van der Waals surface area contributed by atoms with Crippen LogP contribution in [0.5, 0.6) is 0 Å². The Morgan fingerprint density at radius 3 is 2.36 bits per heavy atom. The first-order valence-corrected chi connectivity index (χ1v) is 8.14. The summed E-state index contributed by atoms with van der Waals surface area (Å²) in [6, 6.07) is 14.7. The molecule has 2 N–H and O–H groups in total. The maximum atomic E-state index is 12.7. The quantitative estimate of drug-likeness (QED) is 0.890. The molecule has 1 aliphatic heterocycles. The van der Waals surface area contributed by atoms with E-state index in [9.17, 15) is 18.0 Å². The summed E-state index contributed by atoms with van der Waals surface area (Å²) < 4.78 is 38.1. The van der Waals surface area contributed by atoms with Gasteiger partial charge in [-0.1, -0.05) is 42.5 Å². The maximum Gasteiger partial charge on any atom is 0.416 e. The lowest BCUT2D eigenvalue weighted by atomic mass is 9.88. The summed E-state index contributed by atoms with van der Waals surface area (Å²) in [5.41, 5.74) is 1.08. The summed E-state index contributed by atoms with van der Waals surface area (Å²) in [7, 11) is 0. The molecule has 0 spiro atoms. The molecule has 1 amide bonds. The third-order valence-electron chi connectivity index (χ3n) is 4.53. The SMILES string of the molecule is O=C(NCc1ccccc1)C1CNC[C@H]1c1ccc(C(F)(F)F)cc1. The van der Waals surface area contributed by atoms with Gasteiger partial charge in [-0.3, -0.25) is 4.79 Å². The molecule has 2 atom stereocenters. The molecule has 0 aliphatic carbocycles. The third kappa shape index (κ3) is 4.20. The van der Waals surface area contributed by atoms with Gasteiger partial charge in [0.1, 0.15) is 0 Å². The van der Waals surface area contributed by atoms with Gasteiger partial charge in [0.2, 0.25) is 5.91 Å². The lowest BCUT2D eigenvalue weighted by Gasteiger charge is -2.19. The number of nitrogens with one attached hydrogen (secondary N) is 2. The predicted molar refractivity (Wildman–Crippen MR) is 88.8 cm³/mol. The molecule has 132 valence electrons. The van der Waals surface area contributed by atoms with Gasteiger partial charge in [0.15, 0.2) is 0 Å². The van der Waals surface area contributed by atoms with Crippen LogP contribution in [0, 0.1) is 5.92 Å². The second-order valence-corrected chi connectivity index (χ2v) is 6.19. The zero-order valence-corrected chi connectivity index (χ0v) is 13.5. The molecular formula is C19H19F3N2O. The Balaban J connectivity index is 1.66. The topological polar surface area (TPSA) is 41.1 Å². The highest BCUT2D eigenvalue weighted by Gasteiger charge is 2.35. The summed E-state index contributed by atoms with van der Waals surface area (Å²) in [6.07, 6.45) is -4.35. The fourth-order valence-electron chi connectivity index (χ4n) is 3.14. The van der Waals surface area contributed by atoms with Crippen LogP contribution in [0.4, 0.5) is 13.2 Å². The largest absolute Gasteiger partial charge is 0.416 e. The number of carbonyl (C=O) groups is 1. The molecule has 1 fully saturated rings. The molecule has 3 rings (SSSR count). The number of hydrogen-bond acceptors (Lipinski definition) is 2. The molecule has 2 aromatic rings. The second-order valence-electron chi connectivity index (χ2n) is 6.19. The van der Waals surface area contributed by atoms with Crippen molar-refractivity contribution in [3.05, 3.63) is 71.3 Å². The van der Waals surface area contributed by atoms with E-state index in [4.69, 9.17) is 0 Å². The van der Waals surface area contributed by atoms with Crippen LogP contribution in [0.25, 0.3) is 0 Å². The van der Waals surface area contributed by atoms with Crippen LogP contribution in [-0.4, -0.2) is 19.0 Å². The van der Waals surface area contributed by atoms with Gasteiger partial charge in [0.05, 0.1) is 11.5 Å². The first-order chi connectivity index (χ1) is 11.9. The number of carbonyl (C=O) groups excluding carboxylic acids is 1. The number of hydrogen-bond donors (Lipinski definition) is 2. The summed E-state index contributed by atoms with van der Waals surface area (Å²) in [5, 5.41) is 6.08. The standard InChI is InChI=1S/C19H19F3N2O/c20-19(21,22)15-8-6-14(7-9-15)16-11-23-12-17(16)18(25)24-10-13-4-2-1-3-5-13/h1-9,16-17,23H,10-12H2,(H,24,25)/t16-,17?/m0/s1. The highest BCUT2D eigenvalue weighted by atomic mass is 19.4. The first-order valence-electron chi connectivity index (χ1n) is 8.14. The fourth-order valence-corrected chi connectivity index (χ4v) is 3.14. The van der Waals surface area contributed by atoms with Crippen molar-refractivity contribution in [1.29, 1.82) is 0 Å². The second kappa shape index (κ2) is 7.27. The monoisotopic (exact) mass is 348 g/mol. The van der Waals surface area contributed by atoms with Crippen molar-refractivity contribution in [2.75, 3.05) is 13.1 Å². The third-order valence-corrected chi connectivity index (χ3v) is 4.53. The van der Waals surface area contributed by atoms with Crippen molar-refractivity contribution in [3.8, 4) is 0 Å². The van der Waals surface area contributed by atoms with Crippen LogP contribution in [0.15, 0.2) is 54.6 Å². The van der Waals surface area contributed by atoms with Gasteiger partial charge in [-0.05, 0) is 23.3 Å². The summed E-state index contributed by atoms with van der Waals surface area (Å²) >= 11 is 0. The molecule has 2 aromatic carbocycles. The fraction of sp³-hybridized carbons (Fsp3) is 0.316. The van der Waals surface area contributed by atoms with E-state index in [0.29, 0.717) is 19.6 Å². The number of halogens is 3. The molecule has 1 heterocycles. The minimum Gasteiger partial charge on any atom is -0.352 e. The van der Waals surface area contributed by atoms with E-state index in [0.717, 1.165) is 23.3 Å². The van der Waals surface area contributed by atoms with Gasteiger partial charge in [0.25, 0.3) is 0 Å². The summed E-state index contributed by atoms with van der Waals surface area (Å²) in [6.45, 7) is 1.54. The van der Waals surface area contributed by atoms with Gasteiger partial charge in [0, 0.05) is 25.6 Å². The number of benzene rings is 2. The molecule has 0 radical (unpaired) electrons. The van der Waals surface area contributed by atoms with Crippen molar-refractivity contribution >= 4 is 5.91 Å². The average molecular weight is 348 g/mol. The van der Waals surface area contributed by atoms with E-state index in [1.165, 1.54) is 12.1 Å². The molecule has 3 nitrogen and oxygen atoms in total. The normalized spacial score (nSPS) is 20.4. The molecule has 25 heavy (non-hydrogen) atoms. The Bertz CT molecular complexity index is 714. The summed E-state index contributed by atoms with van der Waals surface area (Å²) in [4.78, 5) is 12.5. The van der Waals surface area contributed by atoms with Crippen LogP contribution < -0.4 is 10.6 Å². The Hall–Kier alpha value is -2.34. The Labute approximate surface area is 144 Å². The van der Waals surface area contributed by atoms with E-state index < -0.39 is 11.7 Å². The molecule has 1 saturated heterocycles.